The summed E-state index contributed by atoms with van der Waals surface area (Å²) in [4.78, 5) is 34.6. The Balaban J connectivity index is 2.04. The Morgan fingerprint density at radius 2 is 1.85 bits per heavy atom. The van der Waals surface area contributed by atoms with Crippen LogP contribution in [-0.2, 0) is 9.59 Å². The standard InChI is InChI=1S/C14H13N3O3/c15-7-11(12(18)8-1-2-8)14(20)17-10-5-3-9(4-6-10)13(16)19/h3-6,8,11H,1-2H2,(H2,16,19)(H,17,20). The zero-order valence-corrected chi connectivity index (χ0v) is 10.6. The van der Waals surface area contributed by atoms with Crippen LogP contribution in [0.1, 0.15) is 23.2 Å². The predicted molar refractivity (Wildman–Crippen MR) is 70.4 cm³/mol. The fourth-order valence-corrected chi connectivity index (χ4v) is 1.79. The van der Waals surface area contributed by atoms with Gasteiger partial charge in [-0.15, -0.1) is 0 Å². The first-order chi connectivity index (χ1) is 9.52. The number of nitrogens with one attached hydrogen (secondary N) is 1. The molecular formula is C14H13N3O3. The molecule has 1 aromatic carbocycles. The first-order valence-corrected chi connectivity index (χ1v) is 6.17. The first kappa shape index (κ1) is 13.7. The van der Waals surface area contributed by atoms with Crippen molar-refractivity contribution in [1.82, 2.24) is 0 Å². The second-order valence-corrected chi connectivity index (χ2v) is 4.67. The molecular weight excluding hydrogens is 258 g/mol. The van der Waals surface area contributed by atoms with Crippen molar-refractivity contribution < 1.29 is 14.4 Å². The maximum atomic E-state index is 11.9. The van der Waals surface area contributed by atoms with Gasteiger partial charge >= 0.3 is 0 Å². The van der Waals surface area contributed by atoms with Crippen LogP contribution in [0, 0.1) is 23.2 Å². The van der Waals surface area contributed by atoms with Crippen LogP contribution in [0.2, 0.25) is 0 Å². The number of carbonyl (C=O) groups is 3. The van der Waals surface area contributed by atoms with Crippen molar-refractivity contribution in [2.45, 2.75) is 12.8 Å². The number of hydrogen-bond acceptors (Lipinski definition) is 4. The number of primary amides is 1. The van der Waals surface area contributed by atoms with E-state index in [-0.39, 0.29) is 11.7 Å². The third-order valence-electron chi connectivity index (χ3n) is 3.09. The molecule has 1 atom stereocenters. The molecule has 3 N–H and O–H groups in total. The van der Waals surface area contributed by atoms with Gasteiger partial charge in [-0.05, 0) is 37.1 Å². The van der Waals surface area contributed by atoms with Gasteiger partial charge in [-0.3, -0.25) is 14.4 Å². The number of amides is 2. The SMILES string of the molecule is N#CC(C(=O)Nc1ccc(C(N)=O)cc1)C(=O)C1CC1. The molecule has 1 fully saturated rings. The number of ketones is 1. The lowest BCUT2D eigenvalue weighted by Crippen LogP contribution is -2.29. The number of rotatable bonds is 5. The summed E-state index contributed by atoms with van der Waals surface area (Å²) < 4.78 is 0. The molecule has 0 radical (unpaired) electrons. The van der Waals surface area contributed by atoms with Gasteiger partial charge in [-0.25, -0.2) is 0 Å². The molecule has 0 heterocycles. The summed E-state index contributed by atoms with van der Waals surface area (Å²) in [5.74, 6) is -2.96. The van der Waals surface area contributed by atoms with Gasteiger partial charge in [-0.1, -0.05) is 0 Å². The van der Waals surface area contributed by atoms with Crippen LogP contribution < -0.4 is 11.1 Å². The minimum atomic E-state index is -1.28. The van der Waals surface area contributed by atoms with Gasteiger partial charge in [0.05, 0.1) is 6.07 Å². The average molecular weight is 271 g/mol. The highest BCUT2D eigenvalue weighted by molar-refractivity contribution is 6.10. The number of anilines is 1. The van der Waals surface area contributed by atoms with Gasteiger partial charge in [0.15, 0.2) is 11.7 Å². The fourth-order valence-electron chi connectivity index (χ4n) is 1.79. The Labute approximate surface area is 115 Å². The molecule has 0 aromatic heterocycles. The van der Waals surface area contributed by atoms with Crippen molar-refractivity contribution in [2.24, 2.45) is 17.6 Å². The van der Waals surface area contributed by atoms with E-state index in [2.05, 4.69) is 5.32 Å². The molecule has 0 aliphatic heterocycles. The predicted octanol–water partition coefficient (Wildman–Crippen LogP) is 0.843. The topological polar surface area (TPSA) is 113 Å². The third kappa shape index (κ3) is 3.01. The van der Waals surface area contributed by atoms with Crippen LogP contribution in [-0.4, -0.2) is 17.6 Å². The zero-order valence-electron chi connectivity index (χ0n) is 10.6. The van der Waals surface area contributed by atoms with Crippen LogP contribution >= 0.6 is 0 Å². The molecule has 0 saturated heterocycles. The van der Waals surface area contributed by atoms with Crippen LogP contribution in [0.3, 0.4) is 0 Å². The van der Waals surface area contributed by atoms with E-state index in [1.54, 1.807) is 6.07 Å². The van der Waals surface area contributed by atoms with Gasteiger partial charge in [0.2, 0.25) is 11.8 Å². The number of carbonyl (C=O) groups excluding carboxylic acids is 3. The van der Waals surface area contributed by atoms with Crippen molar-refractivity contribution >= 4 is 23.3 Å². The molecule has 2 rings (SSSR count). The molecule has 6 heteroatoms. The van der Waals surface area contributed by atoms with E-state index >= 15 is 0 Å². The number of benzene rings is 1. The highest BCUT2D eigenvalue weighted by atomic mass is 16.2. The molecule has 1 aliphatic carbocycles. The van der Waals surface area contributed by atoms with E-state index in [0.717, 1.165) is 12.8 Å². The number of nitrogens with two attached hydrogens (primary N) is 1. The van der Waals surface area contributed by atoms with Crippen LogP contribution in [0.15, 0.2) is 24.3 Å². The Kier molecular flexibility index (Phi) is 3.80. The van der Waals surface area contributed by atoms with Crippen molar-refractivity contribution in [3.05, 3.63) is 29.8 Å². The number of Topliss-reactive ketones (excluding diaryl/α,β-unsaturated/α-hetero) is 1. The molecule has 1 aromatic rings. The fraction of sp³-hybridized carbons (Fsp3) is 0.286. The Morgan fingerprint density at radius 1 is 1.25 bits per heavy atom. The van der Waals surface area contributed by atoms with Crippen molar-refractivity contribution in [1.29, 1.82) is 5.26 Å². The van der Waals surface area contributed by atoms with Gasteiger partial charge < -0.3 is 11.1 Å². The summed E-state index contributed by atoms with van der Waals surface area (Å²) in [6, 6.07) is 7.65. The van der Waals surface area contributed by atoms with E-state index in [0.29, 0.717) is 11.3 Å². The molecule has 102 valence electrons. The normalized spacial score (nSPS) is 14.9. The Morgan fingerprint density at radius 3 is 2.30 bits per heavy atom. The largest absolute Gasteiger partial charge is 0.366 e. The highest BCUT2D eigenvalue weighted by Crippen LogP contribution is 2.32. The van der Waals surface area contributed by atoms with Gasteiger partial charge in [0, 0.05) is 17.2 Å². The lowest BCUT2D eigenvalue weighted by Gasteiger charge is -2.09. The van der Waals surface area contributed by atoms with Gasteiger partial charge in [-0.2, -0.15) is 5.26 Å². The molecule has 6 nitrogen and oxygen atoms in total. The number of nitriles is 1. The second kappa shape index (κ2) is 5.53. The van der Waals surface area contributed by atoms with Crippen LogP contribution in [0.4, 0.5) is 5.69 Å². The molecule has 1 saturated carbocycles. The third-order valence-corrected chi connectivity index (χ3v) is 3.09. The zero-order chi connectivity index (χ0) is 14.7. The summed E-state index contributed by atoms with van der Waals surface area (Å²) in [7, 11) is 0. The average Bonchev–Trinajstić information content (AvgIpc) is 3.24. The molecule has 2 amide bonds. The number of hydrogen-bond donors (Lipinski definition) is 2. The monoisotopic (exact) mass is 271 g/mol. The van der Waals surface area contributed by atoms with E-state index in [1.807, 2.05) is 0 Å². The maximum Gasteiger partial charge on any atom is 0.249 e. The van der Waals surface area contributed by atoms with E-state index in [1.165, 1.54) is 24.3 Å². The summed E-state index contributed by atoms with van der Waals surface area (Å²) in [6.07, 6.45) is 1.50. The van der Waals surface area contributed by atoms with E-state index in [9.17, 15) is 14.4 Å². The molecule has 1 unspecified atom stereocenters. The van der Waals surface area contributed by atoms with Crippen LogP contribution in [0.25, 0.3) is 0 Å². The highest BCUT2D eigenvalue weighted by Gasteiger charge is 2.38. The van der Waals surface area contributed by atoms with Gasteiger partial charge in [0.25, 0.3) is 0 Å². The van der Waals surface area contributed by atoms with Gasteiger partial charge in [0.1, 0.15) is 0 Å². The molecule has 0 bridgehead atoms. The quantitative estimate of drug-likeness (QED) is 0.772. The lowest BCUT2D eigenvalue weighted by atomic mass is 10.0. The lowest BCUT2D eigenvalue weighted by molar-refractivity contribution is -0.129. The summed E-state index contributed by atoms with van der Waals surface area (Å²) in [5.41, 5.74) is 5.82. The van der Waals surface area contributed by atoms with E-state index < -0.39 is 17.7 Å². The van der Waals surface area contributed by atoms with Crippen LogP contribution in [0.5, 0.6) is 0 Å². The maximum absolute atomic E-state index is 11.9. The Hall–Kier alpha value is -2.68. The molecule has 20 heavy (non-hydrogen) atoms. The molecule has 0 spiro atoms. The Bertz CT molecular complexity index is 597. The summed E-state index contributed by atoms with van der Waals surface area (Å²) in [5, 5.41) is 11.4. The number of nitrogens with zero attached hydrogens (tertiary/aromatic N) is 1. The minimum Gasteiger partial charge on any atom is -0.366 e. The van der Waals surface area contributed by atoms with Crippen molar-refractivity contribution in [3.8, 4) is 6.07 Å². The smallest absolute Gasteiger partial charge is 0.249 e. The first-order valence-electron chi connectivity index (χ1n) is 6.17. The van der Waals surface area contributed by atoms with E-state index in [4.69, 9.17) is 11.0 Å². The van der Waals surface area contributed by atoms with Crippen molar-refractivity contribution in [3.63, 3.8) is 0 Å². The summed E-state index contributed by atoms with van der Waals surface area (Å²) >= 11 is 0. The molecule has 1 aliphatic rings. The second-order valence-electron chi connectivity index (χ2n) is 4.67. The van der Waals surface area contributed by atoms with Crippen molar-refractivity contribution in [2.75, 3.05) is 5.32 Å². The minimum absolute atomic E-state index is 0.150. The summed E-state index contributed by atoms with van der Waals surface area (Å²) in [6.45, 7) is 0.